The molecular formula is C8H7ClINO. The largest absolute Gasteiger partial charge is 0.343 e. The zero-order valence-electron chi connectivity index (χ0n) is 6.18. The summed E-state index contributed by atoms with van der Waals surface area (Å²) >= 11 is 7.39. The summed E-state index contributed by atoms with van der Waals surface area (Å²) in [5, 5.41) is 3.39. The van der Waals surface area contributed by atoms with Gasteiger partial charge in [0.25, 0.3) is 3.91 Å². The minimum atomic E-state index is -0.0532. The summed E-state index contributed by atoms with van der Waals surface area (Å²) in [6.45, 7) is 0.555. The highest BCUT2D eigenvalue weighted by atomic mass is 127. The molecule has 12 heavy (non-hydrogen) atoms. The standard InChI is InChI=1S/C8H7ClINO/c9-7-3-1-6(2-4-7)5-11-8(10)12/h1-4H,5H2,(H,11,12). The fourth-order valence-electron chi connectivity index (χ4n) is 0.774. The first kappa shape index (κ1) is 9.80. The number of hydrogen-bond donors (Lipinski definition) is 1. The van der Waals surface area contributed by atoms with E-state index in [4.69, 9.17) is 11.6 Å². The van der Waals surface area contributed by atoms with Crippen LogP contribution in [-0.4, -0.2) is 3.91 Å². The number of hydrogen-bond acceptors (Lipinski definition) is 1. The third kappa shape index (κ3) is 3.40. The van der Waals surface area contributed by atoms with Gasteiger partial charge in [-0.15, -0.1) is 0 Å². The molecule has 0 aliphatic rings. The summed E-state index contributed by atoms with van der Waals surface area (Å²) in [6, 6.07) is 7.37. The third-order valence-corrected chi connectivity index (χ3v) is 1.98. The van der Waals surface area contributed by atoms with E-state index in [0.29, 0.717) is 11.6 Å². The van der Waals surface area contributed by atoms with Crippen molar-refractivity contribution in [1.29, 1.82) is 0 Å². The fraction of sp³-hybridized carbons (Fsp3) is 0.125. The van der Waals surface area contributed by atoms with E-state index in [1.165, 1.54) is 0 Å². The summed E-state index contributed by atoms with van der Waals surface area (Å²) in [5.41, 5.74) is 1.05. The van der Waals surface area contributed by atoms with Crippen LogP contribution in [0.2, 0.25) is 5.02 Å². The number of halogens is 2. The van der Waals surface area contributed by atoms with Crippen molar-refractivity contribution in [2.24, 2.45) is 0 Å². The van der Waals surface area contributed by atoms with Crippen molar-refractivity contribution >= 4 is 38.1 Å². The fourth-order valence-corrected chi connectivity index (χ4v) is 1.09. The van der Waals surface area contributed by atoms with Gasteiger partial charge in [-0.05, 0) is 17.7 Å². The molecule has 1 aromatic carbocycles. The van der Waals surface area contributed by atoms with E-state index in [9.17, 15) is 4.79 Å². The molecule has 0 saturated carbocycles. The minimum Gasteiger partial charge on any atom is -0.343 e. The third-order valence-electron chi connectivity index (χ3n) is 1.34. The normalized spacial score (nSPS) is 9.50. The number of carbonyl (C=O) groups excluding carboxylic acids is 1. The van der Waals surface area contributed by atoms with Crippen LogP contribution in [0.15, 0.2) is 24.3 Å². The molecule has 0 saturated heterocycles. The molecule has 0 heterocycles. The number of amides is 1. The van der Waals surface area contributed by atoms with E-state index < -0.39 is 0 Å². The van der Waals surface area contributed by atoms with Crippen LogP contribution in [0.5, 0.6) is 0 Å². The van der Waals surface area contributed by atoms with Crippen LogP contribution in [0.3, 0.4) is 0 Å². The topological polar surface area (TPSA) is 29.1 Å². The van der Waals surface area contributed by atoms with Crippen molar-refractivity contribution in [3.63, 3.8) is 0 Å². The predicted octanol–water partition coefficient (Wildman–Crippen LogP) is 2.98. The Morgan fingerprint density at radius 2 is 2.00 bits per heavy atom. The van der Waals surface area contributed by atoms with Gasteiger partial charge in [0.15, 0.2) is 0 Å². The van der Waals surface area contributed by atoms with E-state index in [2.05, 4.69) is 5.32 Å². The second-order valence-electron chi connectivity index (χ2n) is 2.25. The lowest BCUT2D eigenvalue weighted by atomic mass is 10.2. The van der Waals surface area contributed by atoms with Gasteiger partial charge >= 0.3 is 0 Å². The molecule has 64 valence electrons. The highest BCUT2D eigenvalue weighted by molar-refractivity contribution is 14.1. The van der Waals surface area contributed by atoms with Gasteiger partial charge in [-0.2, -0.15) is 0 Å². The maximum absolute atomic E-state index is 10.5. The van der Waals surface area contributed by atoms with Crippen molar-refractivity contribution in [2.75, 3.05) is 0 Å². The Morgan fingerprint density at radius 1 is 1.42 bits per heavy atom. The molecule has 1 N–H and O–H groups in total. The maximum Gasteiger partial charge on any atom is 0.280 e. The molecule has 0 aliphatic heterocycles. The Labute approximate surface area is 89.4 Å². The van der Waals surface area contributed by atoms with Crippen LogP contribution in [0.25, 0.3) is 0 Å². The number of nitrogens with one attached hydrogen (secondary N) is 1. The Hall–Kier alpha value is -0.290. The van der Waals surface area contributed by atoms with Crippen LogP contribution < -0.4 is 5.32 Å². The van der Waals surface area contributed by atoms with E-state index in [-0.39, 0.29) is 3.91 Å². The lowest BCUT2D eigenvalue weighted by molar-refractivity contribution is 0.262. The van der Waals surface area contributed by atoms with Gasteiger partial charge in [-0.1, -0.05) is 23.7 Å². The molecule has 1 rings (SSSR count). The average Bonchev–Trinajstić information content (AvgIpc) is 2.03. The van der Waals surface area contributed by atoms with E-state index in [1.54, 1.807) is 34.7 Å². The van der Waals surface area contributed by atoms with Crippen LogP contribution in [0.1, 0.15) is 5.56 Å². The molecule has 2 nitrogen and oxygen atoms in total. The van der Waals surface area contributed by atoms with Gasteiger partial charge in [0.05, 0.1) is 0 Å². The van der Waals surface area contributed by atoms with Crippen molar-refractivity contribution in [3.8, 4) is 0 Å². The van der Waals surface area contributed by atoms with Gasteiger partial charge in [-0.3, -0.25) is 4.79 Å². The van der Waals surface area contributed by atoms with Crippen molar-refractivity contribution in [3.05, 3.63) is 34.9 Å². The molecule has 0 fully saturated rings. The predicted molar refractivity (Wildman–Crippen MR) is 57.7 cm³/mol. The summed E-state index contributed by atoms with van der Waals surface area (Å²) in [6.07, 6.45) is 0. The second-order valence-corrected chi connectivity index (χ2v) is 3.67. The van der Waals surface area contributed by atoms with Crippen molar-refractivity contribution in [1.82, 2.24) is 5.32 Å². The quantitative estimate of drug-likeness (QED) is 0.507. The maximum atomic E-state index is 10.5. The summed E-state index contributed by atoms with van der Waals surface area (Å²) in [7, 11) is 0. The van der Waals surface area contributed by atoms with Crippen LogP contribution >= 0.6 is 34.2 Å². The first-order valence-electron chi connectivity index (χ1n) is 3.36. The summed E-state index contributed by atoms with van der Waals surface area (Å²) < 4.78 is -0.0532. The van der Waals surface area contributed by atoms with Crippen molar-refractivity contribution < 1.29 is 4.79 Å². The number of benzene rings is 1. The lowest BCUT2D eigenvalue weighted by Crippen LogP contribution is -2.14. The van der Waals surface area contributed by atoms with Gasteiger partial charge in [0, 0.05) is 34.2 Å². The molecule has 0 atom stereocenters. The second kappa shape index (κ2) is 4.67. The van der Waals surface area contributed by atoms with Gasteiger partial charge in [-0.25, -0.2) is 0 Å². The molecule has 4 heteroatoms. The van der Waals surface area contributed by atoms with Gasteiger partial charge < -0.3 is 5.32 Å². The molecule has 1 amide bonds. The molecule has 0 radical (unpaired) electrons. The lowest BCUT2D eigenvalue weighted by Gasteiger charge is -2.00. The molecule has 0 aromatic heterocycles. The SMILES string of the molecule is O=C(I)NCc1ccc(Cl)cc1. The first-order chi connectivity index (χ1) is 5.68. The molecule has 1 aromatic rings. The van der Waals surface area contributed by atoms with Crippen LogP contribution in [0, 0.1) is 0 Å². The Morgan fingerprint density at radius 3 is 2.50 bits per heavy atom. The molecular weight excluding hydrogens is 288 g/mol. The Balaban J connectivity index is 2.53. The Bertz CT molecular complexity index is 273. The zero-order chi connectivity index (χ0) is 8.97. The first-order valence-corrected chi connectivity index (χ1v) is 4.82. The van der Waals surface area contributed by atoms with Crippen molar-refractivity contribution in [2.45, 2.75) is 6.54 Å². The molecule has 0 aliphatic carbocycles. The highest BCUT2D eigenvalue weighted by Crippen LogP contribution is 2.09. The zero-order valence-corrected chi connectivity index (χ0v) is 9.09. The van der Waals surface area contributed by atoms with E-state index >= 15 is 0 Å². The highest BCUT2D eigenvalue weighted by Gasteiger charge is 1.94. The van der Waals surface area contributed by atoms with E-state index in [1.807, 2.05) is 12.1 Å². The minimum absolute atomic E-state index is 0.0532. The van der Waals surface area contributed by atoms with Crippen LogP contribution in [-0.2, 0) is 6.54 Å². The van der Waals surface area contributed by atoms with Crippen LogP contribution in [0.4, 0.5) is 4.79 Å². The Kier molecular flexibility index (Phi) is 3.81. The summed E-state index contributed by atoms with van der Waals surface area (Å²) in [4.78, 5) is 10.5. The van der Waals surface area contributed by atoms with Gasteiger partial charge in [0.1, 0.15) is 0 Å². The number of rotatable bonds is 2. The monoisotopic (exact) mass is 295 g/mol. The van der Waals surface area contributed by atoms with E-state index in [0.717, 1.165) is 5.56 Å². The molecule has 0 unspecified atom stereocenters. The molecule has 0 bridgehead atoms. The molecule has 0 spiro atoms. The smallest absolute Gasteiger partial charge is 0.280 e. The average molecular weight is 296 g/mol. The summed E-state index contributed by atoms with van der Waals surface area (Å²) in [5.74, 6) is 0. The number of carbonyl (C=O) groups is 1. The van der Waals surface area contributed by atoms with Gasteiger partial charge in [0.2, 0.25) is 0 Å².